The largest absolute Gasteiger partial charge is 0.493 e. The number of fused-ring (bicyclic) bond motifs is 1. The van der Waals surface area contributed by atoms with Gasteiger partial charge in [-0.25, -0.2) is 22.9 Å². The van der Waals surface area contributed by atoms with Gasteiger partial charge in [0, 0.05) is 17.3 Å². The third-order valence-corrected chi connectivity index (χ3v) is 8.62. The summed E-state index contributed by atoms with van der Waals surface area (Å²) in [7, 11) is -3.19. The van der Waals surface area contributed by atoms with Crippen LogP contribution in [0.4, 0.5) is 5.95 Å². The molecule has 6 rings (SSSR count). The maximum Gasteiger partial charge on any atom is 0.326 e. The highest BCUT2D eigenvalue weighted by Gasteiger charge is 2.37. The van der Waals surface area contributed by atoms with Crippen molar-refractivity contribution in [3.8, 4) is 5.88 Å². The number of nitrogens with zero attached hydrogens (tertiary/aromatic N) is 5. The van der Waals surface area contributed by atoms with E-state index in [2.05, 4.69) is 40.1 Å². The van der Waals surface area contributed by atoms with Crippen LogP contribution in [0.3, 0.4) is 0 Å². The van der Waals surface area contributed by atoms with Gasteiger partial charge in [-0.2, -0.15) is 19.6 Å². The van der Waals surface area contributed by atoms with Crippen molar-refractivity contribution in [1.82, 2.24) is 34.3 Å². The van der Waals surface area contributed by atoms with Crippen LogP contribution in [-0.4, -0.2) is 66.4 Å². The molecule has 186 valence electrons. The second-order valence-electron chi connectivity index (χ2n) is 9.58. The first-order valence-electron chi connectivity index (χ1n) is 11.9. The monoisotopic (exact) mass is 501 g/mol. The number of hydrogen-bond acceptors (Lipinski definition) is 9. The fourth-order valence-corrected chi connectivity index (χ4v) is 6.04. The molecule has 3 saturated carbocycles. The smallest absolute Gasteiger partial charge is 0.326 e. The lowest BCUT2D eigenvalue weighted by molar-refractivity contribution is 0.386. The Hall–Kier alpha value is -3.26. The molecule has 0 spiro atoms. The van der Waals surface area contributed by atoms with Crippen molar-refractivity contribution >= 4 is 27.7 Å². The quantitative estimate of drug-likeness (QED) is 0.280. The molecule has 0 radical (unpaired) electrons. The van der Waals surface area contributed by atoms with E-state index in [4.69, 9.17) is 0 Å². The summed E-state index contributed by atoms with van der Waals surface area (Å²) in [6, 6.07) is 0.292. The normalized spacial score (nSPS) is 24.3. The van der Waals surface area contributed by atoms with Gasteiger partial charge in [-0.1, -0.05) is 0 Å². The van der Waals surface area contributed by atoms with Crippen LogP contribution in [-0.2, 0) is 10.0 Å². The molecular weight excluding hydrogens is 474 g/mol. The molecule has 0 saturated heterocycles. The van der Waals surface area contributed by atoms with Crippen molar-refractivity contribution in [2.24, 2.45) is 4.99 Å². The highest BCUT2D eigenvalue weighted by molar-refractivity contribution is 7.90. The number of imidazole rings is 1. The number of hydrogen-bond donors (Lipinski definition) is 5. The van der Waals surface area contributed by atoms with Crippen LogP contribution in [0.15, 0.2) is 16.0 Å². The molecule has 14 heteroatoms. The molecule has 0 unspecified atom stereocenters. The van der Waals surface area contributed by atoms with Gasteiger partial charge in [-0.15, -0.1) is 0 Å². The van der Waals surface area contributed by atoms with Gasteiger partial charge in [0.1, 0.15) is 5.69 Å². The number of rotatable bonds is 7. The SMILES string of the molecule is O=c1[nH]c(O)c(/C=c2\cnn3c(=NC4CC4)nc(NC4CCC(NS(=O)(=O)C5CC5)CC4)nc23)[nH]1. The van der Waals surface area contributed by atoms with Gasteiger partial charge >= 0.3 is 5.69 Å². The summed E-state index contributed by atoms with van der Waals surface area (Å²) >= 11 is 0. The van der Waals surface area contributed by atoms with E-state index in [-0.39, 0.29) is 34.9 Å². The van der Waals surface area contributed by atoms with Crippen LogP contribution < -0.4 is 26.6 Å². The summed E-state index contributed by atoms with van der Waals surface area (Å²) in [4.78, 5) is 30.2. The van der Waals surface area contributed by atoms with E-state index in [1.165, 1.54) is 0 Å². The number of aromatic amines is 2. The minimum absolute atomic E-state index is 0.0327. The van der Waals surface area contributed by atoms with Gasteiger partial charge in [-0.05, 0) is 57.4 Å². The van der Waals surface area contributed by atoms with E-state index in [9.17, 15) is 18.3 Å². The fourth-order valence-electron chi connectivity index (χ4n) is 4.39. The fraction of sp³-hybridized carbons (Fsp3) is 0.571. The van der Waals surface area contributed by atoms with Gasteiger partial charge in [0.2, 0.25) is 21.9 Å². The molecule has 0 amide bonds. The highest BCUT2D eigenvalue weighted by Crippen LogP contribution is 2.29. The van der Waals surface area contributed by atoms with Gasteiger partial charge < -0.3 is 15.4 Å². The zero-order valence-corrected chi connectivity index (χ0v) is 19.8. The first-order valence-corrected chi connectivity index (χ1v) is 13.5. The predicted molar refractivity (Wildman–Crippen MR) is 126 cm³/mol. The molecular formula is C21H27N9O4S. The molecule has 5 N–H and O–H groups in total. The Morgan fingerprint density at radius 2 is 1.80 bits per heavy atom. The van der Waals surface area contributed by atoms with Crippen molar-refractivity contribution in [1.29, 1.82) is 0 Å². The molecule has 0 aromatic carbocycles. The van der Waals surface area contributed by atoms with Crippen molar-refractivity contribution in [2.45, 2.75) is 74.7 Å². The lowest BCUT2D eigenvalue weighted by Gasteiger charge is -2.29. The average molecular weight is 502 g/mol. The Morgan fingerprint density at radius 3 is 2.46 bits per heavy atom. The standard InChI is InChI=1S/C21H27N9O4S/c31-18-16(25-21(32)27-18)9-11-10-22-30-17(11)26-19(28-20(30)24-13-1-2-13)23-12-3-5-14(6-4-12)29-35(33,34)15-7-8-15/h9-10,12-15,29,31H,1-8H2,(H,23,24,28)(H2,25,27,32)/b11-9+. The third kappa shape index (κ3) is 4.80. The molecule has 0 bridgehead atoms. The predicted octanol–water partition coefficient (Wildman–Crippen LogP) is -0.738. The van der Waals surface area contributed by atoms with Crippen LogP contribution in [0.5, 0.6) is 5.88 Å². The summed E-state index contributed by atoms with van der Waals surface area (Å²) in [5.41, 5.74) is 0.652. The molecule has 3 aliphatic rings. The van der Waals surface area contributed by atoms with E-state index in [0.717, 1.165) is 51.4 Å². The number of H-pyrrole nitrogens is 2. The molecule has 3 aromatic rings. The summed E-state index contributed by atoms with van der Waals surface area (Å²) in [6.07, 6.45) is 9.78. The Labute approximate surface area is 199 Å². The summed E-state index contributed by atoms with van der Waals surface area (Å²) in [5.74, 6) is 0.152. The number of anilines is 1. The van der Waals surface area contributed by atoms with E-state index in [0.29, 0.717) is 22.4 Å². The lowest BCUT2D eigenvalue weighted by atomic mass is 9.92. The summed E-state index contributed by atoms with van der Waals surface area (Å²) in [6.45, 7) is 0. The van der Waals surface area contributed by atoms with Crippen molar-refractivity contribution < 1.29 is 13.5 Å². The van der Waals surface area contributed by atoms with Crippen LogP contribution >= 0.6 is 0 Å². The average Bonchev–Trinajstić information content (AvgIpc) is 3.73. The van der Waals surface area contributed by atoms with Crippen LogP contribution in [0.2, 0.25) is 0 Å². The number of nitrogens with one attached hydrogen (secondary N) is 4. The summed E-state index contributed by atoms with van der Waals surface area (Å²) in [5, 5.41) is 18.1. The molecule has 0 aliphatic heterocycles. The zero-order chi connectivity index (χ0) is 24.2. The van der Waals surface area contributed by atoms with Crippen LogP contribution in [0.25, 0.3) is 11.7 Å². The molecule has 3 heterocycles. The molecule has 13 nitrogen and oxygen atoms in total. The summed E-state index contributed by atoms with van der Waals surface area (Å²) < 4.78 is 28.9. The maximum absolute atomic E-state index is 12.2. The minimum Gasteiger partial charge on any atom is -0.493 e. The maximum atomic E-state index is 12.2. The molecule has 0 atom stereocenters. The number of sulfonamides is 1. The van der Waals surface area contributed by atoms with Crippen LogP contribution in [0, 0.1) is 0 Å². The van der Waals surface area contributed by atoms with Crippen molar-refractivity contribution in [3.63, 3.8) is 0 Å². The van der Waals surface area contributed by atoms with Crippen molar-refractivity contribution in [3.05, 3.63) is 33.2 Å². The Morgan fingerprint density at radius 1 is 1.06 bits per heavy atom. The van der Waals surface area contributed by atoms with Gasteiger partial charge in [0.05, 0.1) is 17.5 Å². The highest BCUT2D eigenvalue weighted by atomic mass is 32.2. The third-order valence-electron chi connectivity index (χ3n) is 6.61. The first-order chi connectivity index (χ1) is 16.8. The van der Waals surface area contributed by atoms with Gasteiger partial charge in [-0.3, -0.25) is 4.98 Å². The Bertz CT molecular complexity index is 1540. The Balaban J connectivity index is 1.26. The molecule has 3 fully saturated rings. The van der Waals surface area contributed by atoms with Gasteiger partial charge in [0.15, 0.2) is 5.65 Å². The second-order valence-corrected chi connectivity index (χ2v) is 11.6. The Kier molecular flexibility index (Phi) is 5.36. The topological polar surface area (TPSA) is 183 Å². The lowest BCUT2D eigenvalue weighted by Crippen LogP contribution is -2.41. The number of aromatic hydroxyl groups is 1. The second kappa shape index (κ2) is 8.45. The zero-order valence-electron chi connectivity index (χ0n) is 18.9. The van der Waals surface area contributed by atoms with E-state index >= 15 is 0 Å². The van der Waals surface area contributed by atoms with E-state index in [1.54, 1.807) is 16.8 Å². The van der Waals surface area contributed by atoms with E-state index < -0.39 is 15.7 Å². The minimum atomic E-state index is -3.19. The van der Waals surface area contributed by atoms with Crippen molar-refractivity contribution in [2.75, 3.05) is 5.32 Å². The first kappa shape index (κ1) is 22.2. The molecule has 35 heavy (non-hydrogen) atoms. The molecule has 3 aromatic heterocycles. The van der Waals surface area contributed by atoms with Gasteiger partial charge in [0.25, 0.3) is 5.62 Å². The van der Waals surface area contributed by atoms with E-state index in [1.807, 2.05) is 0 Å². The van der Waals surface area contributed by atoms with Crippen LogP contribution in [0.1, 0.15) is 57.1 Å². The number of aromatic nitrogens is 6. The molecule has 3 aliphatic carbocycles.